The molecule has 0 aliphatic rings. The Labute approximate surface area is 99.8 Å². The summed E-state index contributed by atoms with van der Waals surface area (Å²) in [6.07, 6.45) is 0. The molecule has 1 rings (SSSR count). The first-order chi connectivity index (χ1) is 7.95. The third kappa shape index (κ3) is 3.00. The van der Waals surface area contributed by atoms with E-state index in [2.05, 4.69) is 0 Å². The van der Waals surface area contributed by atoms with E-state index >= 15 is 0 Å². The molecule has 0 aliphatic carbocycles. The number of hydrogen-bond acceptors (Lipinski definition) is 3. The van der Waals surface area contributed by atoms with E-state index in [1.165, 1.54) is 6.92 Å². The molecule has 0 radical (unpaired) electrons. The Bertz CT molecular complexity index is 439. The second-order valence-electron chi connectivity index (χ2n) is 3.97. The van der Waals surface area contributed by atoms with Gasteiger partial charge in [0.25, 0.3) is 0 Å². The molecular weight excluding hydrogens is 218 g/mol. The summed E-state index contributed by atoms with van der Waals surface area (Å²) in [7, 11) is 0. The van der Waals surface area contributed by atoms with E-state index in [0.717, 1.165) is 5.56 Å². The molecule has 0 saturated carbocycles. The van der Waals surface area contributed by atoms with Gasteiger partial charge in [-0.1, -0.05) is 37.3 Å². The van der Waals surface area contributed by atoms with Crippen molar-refractivity contribution in [1.29, 1.82) is 5.41 Å². The zero-order valence-electron chi connectivity index (χ0n) is 9.81. The fourth-order valence-corrected chi connectivity index (χ4v) is 1.47. The maximum atomic E-state index is 11.7. The lowest BCUT2D eigenvalue weighted by molar-refractivity contribution is -0.143. The smallest absolute Gasteiger partial charge is 0.314 e. The first kappa shape index (κ1) is 13.1. The normalized spacial score (nSPS) is 13.8. The van der Waals surface area contributed by atoms with Crippen LogP contribution in [-0.2, 0) is 9.59 Å². The van der Waals surface area contributed by atoms with Gasteiger partial charge >= 0.3 is 5.97 Å². The van der Waals surface area contributed by atoms with E-state index in [-0.39, 0.29) is 11.6 Å². The summed E-state index contributed by atoms with van der Waals surface area (Å²) in [5.41, 5.74) is 0.675. The molecule has 90 valence electrons. The predicted octanol–water partition coefficient (Wildman–Crippen LogP) is 2.10. The fourth-order valence-electron chi connectivity index (χ4n) is 1.47. The van der Waals surface area contributed by atoms with Crippen LogP contribution in [-0.4, -0.2) is 22.6 Å². The molecule has 2 atom stereocenters. The van der Waals surface area contributed by atoms with Crippen molar-refractivity contribution in [2.75, 3.05) is 0 Å². The number of rotatable bonds is 5. The molecule has 4 heteroatoms. The van der Waals surface area contributed by atoms with Crippen molar-refractivity contribution in [3.63, 3.8) is 0 Å². The number of carbonyl (C=O) groups excluding carboxylic acids is 1. The van der Waals surface area contributed by atoms with Gasteiger partial charge in [0, 0.05) is 5.92 Å². The van der Waals surface area contributed by atoms with Gasteiger partial charge in [-0.25, -0.2) is 0 Å². The lowest BCUT2D eigenvalue weighted by Crippen LogP contribution is -2.30. The van der Waals surface area contributed by atoms with Crippen molar-refractivity contribution in [1.82, 2.24) is 0 Å². The Morgan fingerprint density at radius 1 is 1.18 bits per heavy atom. The van der Waals surface area contributed by atoms with Crippen molar-refractivity contribution < 1.29 is 14.7 Å². The summed E-state index contributed by atoms with van der Waals surface area (Å²) in [6.45, 7) is 3.03. The average Bonchev–Trinajstić information content (AvgIpc) is 2.36. The highest BCUT2D eigenvalue weighted by Gasteiger charge is 2.27. The number of hydrogen-bond donors (Lipinski definition) is 2. The van der Waals surface area contributed by atoms with Gasteiger partial charge in [0.15, 0.2) is 5.78 Å². The van der Waals surface area contributed by atoms with E-state index in [1.807, 2.05) is 30.3 Å². The molecule has 0 heterocycles. The minimum atomic E-state index is -1.19. The van der Waals surface area contributed by atoms with E-state index in [0.29, 0.717) is 0 Å². The van der Waals surface area contributed by atoms with Gasteiger partial charge in [0.1, 0.15) is 5.92 Å². The number of carboxylic acid groups (broad SMARTS) is 1. The first-order valence-corrected chi connectivity index (χ1v) is 5.35. The molecule has 0 saturated heterocycles. The number of ketones is 1. The second kappa shape index (κ2) is 5.39. The highest BCUT2D eigenvalue weighted by molar-refractivity contribution is 6.43. The standard InChI is InChI=1S/C13H15NO3/c1-8(10-6-4-3-5-7-10)11(14)12(15)9(2)13(16)17/h3-9,14H,1-2H3,(H,16,17). The van der Waals surface area contributed by atoms with Gasteiger partial charge in [-0.3, -0.25) is 9.59 Å². The summed E-state index contributed by atoms with van der Waals surface area (Å²) in [5.74, 6) is -3.37. The number of carboxylic acids is 1. The van der Waals surface area contributed by atoms with Crippen LogP contribution in [0.15, 0.2) is 30.3 Å². The highest BCUT2D eigenvalue weighted by Crippen LogP contribution is 2.18. The summed E-state index contributed by atoms with van der Waals surface area (Å²) in [4.78, 5) is 22.4. The highest BCUT2D eigenvalue weighted by atomic mass is 16.4. The Hall–Kier alpha value is -1.97. The van der Waals surface area contributed by atoms with E-state index < -0.39 is 17.7 Å². The van der Waals surface area contributed by atoms with Gasteiger partial charge in [0.2, 0.25) is 0 Å². The topological polar surface area (TPSA) is 78.2 Å². The maximum absolute atomic E-state index is 11.7. The SMILES string of the molecule is CC(C(=O)O)C(=O)C(=N)C(C)c1ccccc1. The van der Waals surface area contributed by atoms with Crippen LogP contribution in [0.5, 0.6) is 0 Å². The van der Waals surface area contributed by atoms with E-state index in [4.69, 9.17) is 10.5 Å². The van der Waals surface area contributed by atoms with Crippen LogP contribution in [0.1, 0.15) is 25.3 Å². The van der Waals surface area contributed by atoms with Gasteiger partial charge < -0.3 is 10.5 Å². The Morgan fingerprint density at radius 3 is 2.18 bits per heavy atom. The number of nitrogens with one attached hydrogen (secondary N) is 1. The van der Waals surface area contributed by atoms with E-state index in [9.17, 15) is 9.59 Å². The molecule has 0 fully saturated rings. The number of Topliss-reactive ketones (excluding diaryl/α,β-unsaturated/α-hetero) is 1. The molecule has 0 amide bonds. The Balaban J connectivity index is 2.84. The molecule has 2 N–H and O–H groups in total. The van der Waals surface area contributed by atoms with Gasteiger partial charge in [-0.15, -0.1) is 0 Å². The minimum absolute atomic E-state index is 0.161. The summed E-state index contributed by atoms with van der Waals surface area (Å²) >= 11 is 0. The van der Waals surface area contributed by atoms with Gasteiger partial charge in [-0.05, 0) is 12.5 Å². The Morgan fingerprint density at radius 2 is 1.71 bits per heavy atom. The quantitative estimate of drug-likeness (QED) is 0.603. The minimum Gasteiger partial charge on any atom is -0.481 e. The predicted molar refractivity (Wildman–Crippen MR) is 64.4 cm³/mol. The molecule has 4 nitrogen and oxygen atoms in total. The van der Waals surface area contributed by atoms with E-state index in [1.54, 1.807) is 6.92 Å². The third-order valence-electron chi connectivity index (χ3n) is 2.76. The van der Waals surface area contributed by atoms with Gasteiger partial charge in [-0.2, -0.15) is 0 Å². The second-order valence-corrected chi connectivity index (χ2v) is 3.97. The van der Waals surface area contributed by atoms with Crippen LogP contribution in [0, 0.1) is 11.3 Å². The molecule has 1 aromatic carbocycles. The van der Waals surface area contributed by atoms with Crippen molar-refractivity contribution >= 4 is 17.5 Å². The number of aliphatic carboxylic acids is 1. The van der Waals surface area contributed by atoms with Crippen LogP contribution in [0.25, 0.3) is 0 Å². The van der Waals surface area contributed by atoms with Crippen LogP contribution in [0.4, 0.5) is 0 Å². The summed E-state index contributed by atoms with van der Waals surface area (Å²) in [5, 5.41) is 16.5. The molecule has 2 unspecified atom stereocenters. The molecule has 0 aromatic heterocycles. The lowest BCUT2D eigenvalue weighted by Gasteiger charge is -2.14. The van der Waals surface area contributed by atoms with Crippen molar-refractivity contribution in [2.45, 2.75) is 19.8 Å². The van der Waals surface area contributed by atoms with Crippen LogP contribution in [0.2, 0.25) is 0 Å². The third-order valence-corrected chi connectivity index (χ3v) is 2.76. The molecular formula is C13H15NO3. The fraction of sp³-hybridized carbons (Fsp3) is 0.308. The lowest BCUT2D eigenvalue weighted by atomic mass is 9.89. The van der Waals surface area contributed by atoms with Gasteiger partial charge in [0.05, 0.1) is 5.71 Å². The maximum Gasteiger partial charge on any atom is 0.314 e. The zero-order chi connectivity index (χ0) is 13.0. The number of carbonyl (C=O) groups is 2. The van der Waals surface area contributed by atoms with Crippen LogP contribution >= 0.6 is 0 Å². The van der Waals surface area contributed by atoms with Crippen LogP contribution in [0.3, 0.4) is 0 Å². The average molecular weight is 233 g/mol. The molecule has 0 bridgehead atoms. The zero-order valence-corrected chi connectivity index (χ0v) is 9.81. The van der Waals surface area contributed by atoms with Crippen molar-refractivity contribution in [3.05, 3.63) is 35.9 Å². The monoisotopic (exact) mass is 233 g/mol. The molecule has 1 aromatic rings. The van der Waals surface area contributed by atoms with Crippen molar-refractivity contribution in [2.24, 2.45) is 5.92 Å². The number of benzene rings is 1. The molecule has 0 aliphatic heterocycles. The summed E-state index contributed by atoms with van der Waals surface area (Å²) < 4.78 is 0. The molecule has 17 heavy (non-hydrogen) atoms. The first-order valence-electron chi connectivity index (χ1n) is 5.35. The Kier molecular flexibility index (Phi) is 4.15. The largest absolute Gasteiger partial charge is 0.481 e. The van der Waals surface area contributed by atoms with Crippen LogP contribution < -0.4 is 0 Å². The molecule has 0 spiro atoms. The summed E-state index contributed by atoms with van der Waals surface area (Å²) in [6, 6.07) is 9.13. The van der Waals surface area contributed by atoms with Crippen molar-refractivity contribution in [3.8, 4) is 0 Å².